The maximum absolute atomic E-state index is 11.5. The molecule has 3 rings (SSSR count). The number of hydrazine groups is 1. The third-order valence-electron chi connectivity index (χ3n) is 5.88. The van der Waals surface area contributed by atoms with Crippen molar-refractivity contribution in [2.75, 3.05) is 11.5 Å². The van der Waals surface area contributed by atoms with E-state index in [-0.39, 0.29) is 5.75 Å². The van der Waals surface area contributed by atoms with Crippen molar-refractivity contribution in [2.24, 2.45) is 35.4 Å². The molecule has 0 spiro atoms. The molecule has 3 saturated carbocycles. The van der Waals surface area contributed by atoms with Gasteiger partial charge in [0.1, 0.15) is 9.84 Å². The molecular formula is C14H26N2O2S. The van der Waals surface area contributed by atoms with Crippen LogP contribution in [0.3, 0.4) is 0 Å². The van der Waals surface area contributed by atoms with Gasteiger partial charge in [0.05, 0.1) is 5.75 Å². The summed E-state index contributed by atoms with van der Waals surface area (Å²) in [4.78, 5) is 0. The average Bonchev–Trinajstić information content (AvgIpc) is 2.81. The molecule has 0 aliphatic heterocycles. The number of nitrogens with two attached hydrogens (primary N) is 1. The first-order valence-corrected chi connectivity index (χ1v) is 9.56. The fourth-order valence-electron chi connectivity index (χ4n) is 4.98. The molecule has 0 amide bonds. The highest BCUT2D eigenvalue weighted by Crippen LogP contribution is 2.70. The van der Waals surface area contributed by atoms with Crippen LogP contribution in [0.5, 0.6) is 0 Å². The zero-order valence-corrected chi connectivity index (χ0v) is 12.5. The number of nitrogens with one attached hydrogen (secondary N) is 1. The van der Waals surface area contributed by atoms with Gasteiger partial charge in [-0.15, -0.1) is 0 Å². The van der Waals surface area contributed by atoms with E-state index >= 15 is 0 Å². The summed E-state index contributed by atoms with van der Waals surface area (Å²) in [5.41, 5.74) is 2.97. The minimum atomic E-state index is -2.83. The Morgan fingerprint density at radius 3 is 2.42 bits per heavy atom. The van der Waals surface area contributed by atoms with Crippen molar-refractivity contribution in [1.82, 2.24) is 5.43 Å². The van der Waals surface area contributed by atoms with Gasteiger partial charge >= 0.3 is 0 Å². The van der Waals surface area contributed by atoms with E-state index in [4.69, 9.17) is 5.84 Å². The molecule has 0 aromatic heterocycles. The van der Waals surface area contributed by atoms with Gasteiger partial charge in [-0.1, -0.05) is 6.92 Å². The Bertz CT molecular complexity index is 421. The SMILES string of the molecule is CCS(=O)(=O)CCCC(NN)C1C2C3CCC(C3)C21. The van der Waals surface area contributed by atoms with E-state index in [1.165, 1.54) is 19.3 Å². The molecule has 4 nitrogen and oxygen atoms in total. The standard InChI is InChI=1S/C14H26N2O2S/c1-2-19(17,18)7-3-4-11(16-15)14-12-9-5-6-10(8-9)13(12)14/h9-14,16H,2-8,15H2,1H3. The summed E-state index contributed by atoms with van der Waals surface area (Å²) in [6, 6.07) is 0.338. The fraction of sp³-hybridized carbons (Fsp3) is 1.00. The zero-order chi connectivity index (χ0) is 13.6. The number of rotatable bonds is 7. The molecule has 110 valence electrons. The van der Waals surface area contributed by atoms with E-state index in [0.29, 0.717) is 11.8 Å². The molecule has 0 aromatic carbocycles. The van der Waals surface area contributed by atoms with Gasteiger partial charge in [0.2, 0.25) is 0 Å². The van der Waals surface area contributed by atoms with Crippen molar-refractivity contribution in [2.45, 2.75) is 45.1 Å². The van der Waals surface area contributed by atoms with Gasteiger partial charge < -0.3 is 0 Å². The first kappa shape index (κ1) is 13.8. The highest BCUT2D eigenvalue weighted by molar-refractivity contribution is 7.91. The van der Waals surface area contributed by atoms with Crippen LogP contribution in [0.1, 0.15) is 39.0 Å². The molecule has 2 bridgehead atoms. The van der Waals surface area contributed by atoms with Crippen molar-refractivity contribution in [3.8, 4) is 0 Å². The molecule has 0 aromatic rings. The maximum Gasteiger partial charge on any atom is 0.150 e. The highest BCUT2D eigenvalue weighted by atomic mass is 32.2. The molecule has 5 atom stereocenters. The summed E-state index contributed by atoms with van der Waals surface area (Å²) in [5, 5.41) is 0. The molecule has 5 heteroatoms. The van der Waals surface area contributed by atoms with Gasteiger partial charge in [0, 0.05) is 11.8 Å². The van der Waals surface area contributed by atoms with E-state index in [1.54, 1.807) is 6.92 Å². The second-order valence-corrected chi connectivity index (χ2v) is 9.19. The predicted octanol–water partition coefficient (Wildman–Crippen LogP) is 1.33. The third kappa shape index (κ3) is 2.45. The molecule has 0 heterocycles. The number of fused-ring (bicyclic) bond motifs is 5. The van der Waals surface area contributed by atoms with E-state index in [0.717, 1.165) is 42.4 Å². The molecule has 3 N–H and O–H groups in total. The Kier molecular flexibility index (Phi) is 3.65. The Morgan fingerprint density at radius 2 is 1.89 bits per heavy atom. The largest absolute Gasteiger partial charge is 0.271 e. The Balaban J connectivity index is 1.50. The maximum atomic E-state index is 11.5. The van der Waals surface area contributed by atoms with Crippen LogP contribution < -0.4 is 11.3 Å². The summed E-state index contributed by atoms with van der Waals surface area (Å²) in [5.74, 6) is 10.7. The van der Waals surface area contributed by atoms with Crippen molar-refractivity contribution in [3.63, 3.8) is 0 Å². The van der Waals surface area contributed by atoms with Gasteiger partial charge in [-0.2, -0.15) is 0 Å². The Hall–Kier alpha value is -0.130. The molecule has 3 aliphatic rings. The van der Waals surface area contributed by atoms with Crippen molar-refractivity contribution >= 4 is 9.84 Å². The normalized spacial score (nSPS) is 41.3. The first-order chi connectivity index (χ1) is 9.07. The lowest BCUT2D eigenvalue weighted by Gasteiger charge is -2.19. The van der Waals surface area contributed by atoms with Crippen LogP contribution in [-0.2, 0) is 9.84 Å². The highest BCUT2D eigenvalue weighted by Gasteiger charge is 2.66. The number of hydrogen-bond donors (Lipinski definition) is 2. The Labute approximate surface area is 116 Å². The van der Waals surface area contributed by atoms with Gasteiger partial charge in [0.15, 0.2) is 0 Å². The first-order valence-electron chi connectivity index (χ1n) is 7.74. The molecule has 0 saturated heterocycles. The molecule has 5 unspecified atom stereocenters. The van der Waals surface area contributed by atoms with E-state index in [2.05, 4.69) is 5.43 Å². The van der Waals surface area contributed by atoms with Gasteiger partial charge in [-0.05, 0) is 61.7 Å². The van der Waals surface area contributed by atoms with Gasteiger partial charge in [-0.3, -0.25) is 11.3 Å². The minimum absolute atomic E-state index is 0.256. The molecular weight excluding hydrogens is 260 g/mol. The van der Waals surface area contributed by atoms with Crippen LogP contribution in [-0.4, -0.2) is 26.0 Å². The zero-order valence-electron chi connectivity index (χ0n) is 11.7. The summed E-state index contributed by atoms with van der Waals surface area (Å²) in [6.45, 7) is 1.72. The summed E-state index contributed by atoms with van der Waals surface area (Å²) in [7, 11) is -2.83. The molecule has 19 heavy (non-hydrogen) atoms. The lowest BCUT2D eigenvalue weighted by molar-refractivity contribution is 0.350. The topological polar surface area (TPSA) is 72.2 Å². The van der Waals surface area contributed by atoms with Crippen LogP contribution in [0.15, 0.2) is 0 Å². The van der Waals surface area contributed by atoms with E-state index in [1.807, 2.05) is 0 Å². The minimum Gasteiger partial charge on any atom is -0.271 e. The monoisotopic (exact) mass is 286 g/mol. The van der Waals surface area contributed by atoms with Gasteiger partial charge in [-0.25, -0.2) is 8.42 Å². The van der Waals surface area contributed by atoms with Crippen LogP contribution in [0.2, 0.25) is 0 Å². The van der Waals surface area contributed by atoms with Crippen molar-refractivity contribution < 1.29 is 8.42 Å². The summed E-state index contributed by atoms with van der Waals surface area (Å²) in [6.07, 6.45) is 5.95. The number of hydrogen-bond acceptors (Lipinski definition) is 4. The molecule has 0 radical (unpaired) electrons. The summed E-state index contributed by atoms with van der Waals surface area (Å²) < 4.78 is 23.0. The molecule has 3 aliphatic carbocycles. The number of sulfone groups is 1. The smallest absolute Gasteiger partial charge is 0.150 e. The average molecular weight is 286 g/mol. The van der Waals surface area contributed by atoms with E-state index < -0.39 is 9.84 Å². The molecule has 3 fully saturated rings. The van der Waals surface area contributed by atoms with E-state index in [9.17, 15) is 8.42 Å². The quantitative estimate of drug-likeness (QED) is 0.547. The van der Waals surface area contributed by atoms with Crippen molar-refractivity contribution in [3.05, 3.63) is 0 Å². The third-order valence-corrected chi connectivity index (χ3v) is 7.67. The van der Waals surface area contributed by atoms with Crippen LogP contribution in [0.25, 0.3) is 0 Å². The van der Waals surface area contributed by atoms with Crippen LogP contribution >= 0.6 is 0 Å². The van der Waals surface area contributed by atoms with Crippen molar-refractivity contribution in [1.29, 1.82) is 0 Å². The predicted molar refractivity (Wildman–Crippen MR) is 76.0 cm³/mol. The lowest BCUT2D eigenvalue weighted by atomic mass is 9.95. The summed E-state index contributed by atoms with van der Waals surface area (Å²) >= 11 is 0. The lowest BCUT2D eigenvalue weighted by Crippen LogP contribution is -2.38. The Morgan fingerprint density at radius 1 is 1.26 bits per heavy atom. The second kappa shape index (κ2) is 5.01. The van der Waals surface area contributed by atoms with Crippen LogP contribution in [0, 0.1) is 29.6 Å². The van der Waals surface area contributed by atoms with Crippen LogP contribution in [0.4, 0.5) is 0 Å². The van der Waals surface area contributed by atoms with Gasteiger partial charge in [0.25, 0.3) is 0 Å². The fourth-order valence-corrected chi connectivity index (χ4v) is 5.88. The second-order valence-electron chi connectivity index (χ2n) is 6.72.